The molecule has 0 atom stereocenters. The lowest BCUT2D eigenvalue weighted by Gasteiger charge is -2.08. The third kappa shape index (κ3) is 4.08. The topological polar surface area (TPSA) is 29.1 Å². The highest BCUT2D eigenvalue weighted by Crippen LogP contribution is 2.21. The van der Waals surface area contributed by atoms with E-state index in [9.17, 15) is 4.79 Å². The van der Waals surface area contributed by atoms with Gasteiger partial charge < -0.3 is 5.32 Å². The Bertz CT molecular complexity index is 614. The van der Waals surface area contributed by atoms with Crippen LogP contribution in [0.1, 0.15) is 21.5 Å². The van der Waals surface area contributed by atoms with E-state index in [1.54, 1.807) is 6.07 Å². The maximum absolute atomic E-state index is 12.1. The van der Waals surface area contributed by atoms with Crippen molar-refractivity contribution in [3.05, 3.63) is 68.1 Å². The molecule has 0 spiro atoms. The summed E-state index contributed by atoms with van der Waals surface area (Å²) < 4.78 is 1.69. The SMILES string of the molecule is O=C(NCc1ccc(CCl)cc1)c1ccc(Br)cc1Br. The molecular weight excluding hydrogens is 405 g/mol. The summed E-state index contributed by atoms with van der Waals surface area (Å²) in [4.78, 5) is 12.1. The normalized spacial score (nSPS) is 10.3. The van der Waals surface area contributed by atoms with E-state index >= 15 is 0 Å². The van der Waals surface area contributed by atoms with Gasteiger partial charge in [-0.15, -0.1) is 11.6 Å². The molecule has 0 saturated carbocycles. The fraction of sp³-hybridized carbons (Fsp3) is 0.133. The standard InChI is InChI=1S/C15H12Br2ClNO/c16-12-5-6-13(14(17)7-12)15(20)19-9-11-3-1-10(8-18)2-4-11/h1-7H,8-9H2,(H,19,20). The van der Waals surface area contributed by atoms with Gasteiger partial charge in [0.05, 0.1) is 5.56 Å². The molecule has 1 N–H and O–H groups in total. The molecule has 0 saturated heterocycles. The van der Waals surface area contributed by atoms with Gasteiger partial charge in [0.1, 0.15) is 0 Å². The van der Waals surface area contributed by atoms with Crippen LogP contribution in [0.15, 0.2) is 51.4 Å². The zero-order valence-corrected chi connectivity index (χ0v) is 14.4. The average molecular weight is 418 g/mol. The van der Waals surface area contributed by atoms with Crippen molar-refractivity contribution in [2.45, 2.75) is 12.4 Å². The Morgan fingerprint density at radius 1 is 1.05 bits per heavy atom. The highest BCUT2D eigenvalue weighted by Gasteiger charge is 2.09. The quantitative estimate of drug-likeness (QED) is 0.706. The van der Waals surface area contributed by atoms with Crippen molar-refractivity contribution in [1.82, 2.24) is 5.32 Å². The van der Waals surface area contributed by atoms with Crippen LogP contribution in [0.3, 0.4) is 0 Å². The molecule has 2 aromatic rings. The monoisotopic (exact) mass is 415 g/mol. The summed E-state index contributed by atoms with van der Waals surface area (Å²) >= 11 is 12.5. The number of benzene rings is 2. The first-order valence-corrected chi connectivity index (χ1v) is 8.09. The third-order valence-electron chi connectivity index (χ3n) is 2.81. The van der Waals surface area contributed by atoms with E-state index in [0.717, 1.165) is 20.1 Å². The third-order valence-corrected chi connectivity index (χ3v) is 4.26. The van der Waals surface area contributed by atoms with Crippen LogP contribution >= 0.6 is 43.5 Å². The van der Waals surface area contributed by atoms with Gasteiger partial charge in [0.25, 0.3) is 5.91 Å². The molecule has 2 aromatic carbocycles. The van der Waals surface area contributed by atoms with Gasteiger partial charge in [-0.2, -0.15) is 0 Å². The van der Waals surface area contributed by atoms with Crippen LogP contribution in [0.2, 0.25) is 0 Å². The van der Waals surface area contributed by atoms with Crippen molar-refractivity contribution in [2.24, 2.45) is 0 Å². The Balaban J connectivity index is 2.00. The van der Waals surface area contributed by atoms with E-state index in [2.05, 4.69) is 37.2 Å². The average Bonchev–Trinajstić information content (AvgIpc) is 2.45. The molecule has 0 bridgehead atoms. The molecule has 5 heteroatoms. The van der Waals surface area contributed by atoms with Crippen molar-refractivity contribution >= 4 is 49.4 Å². The predicted octanol–water partition coefficient (Wildman–Crippen LogP) is 4.88. The molecule has 0 radical (unpaired) electrons. The van der Waals surface area contributed by atoms with Crippen molar-refractivity contribution in [2.75, 3.05) is 0 Å². The highest BCUT2D eigenvalue weighted by molar-refractivity contribution is 9.11. The molecule has 2 nitrogen and oxygen atoms in total. The largest absolute Gasteiger partial charge is 0.348 e. The van der Waals surface area contributed by atoms with Gasteiger partial charge >= 0.3 is 0 Å². The fourth-order valence-electron chi connectivity index (χ4n) is 1.70. The number of hydrogen-bond acceptors (Lipinski definition) is 1. The summed E-state index contributed by atoms with van der Waals surface area (Å²) in [7, 11) is 0. The van der Waals surface area contributed by atoms with E-state index in [0.29, 0.717) is 18.0 Å². The van der Waals surface area contributed by atoms with Crippen LogP contribution < -0.4 is 5.32 Å². The number of carbonyl (C=O) groups excluding carboxylic acids is 1. The summed E-state index contributed by atoms with van der Waals surface area (Å²) in [6.45, 7) is 0.490. The first kappa shape index (κ1) is 15.5. The lowest BCUT2D eigenvalue weighted by Crippen LogP contribution is -2.23. The number of rotatable bonds is 4. The van der Waals surface area contributed by atoms with Crippen LogP contribution in [0, 0.1) is 0 Å². The summed E-state index contributed by atoms with van der Waals surface area (Å²) in [6.07, 6.45) is 0. The minimum atomic E-state index is -0.106. The van der Waals surface area contributed by atoms with E-state index in [4.69, 9.17) is 11.6 Å². The van der Waals surface area contributed by atoms with Crippen molar-refractivity contribution in [1.29, 1.82) is 0 Å². The van der Waals surface area contributed by atoms with Gasteiger partial charge in [-0.1, -0.05) is 40.2 Å². The number of halogens is 3. The number of alkyl halides is 1. The Hall–Kier alpha value is -0.840. The number of amides is 1. The van der Waals surface area contributed by atoms with E-state index in [1.165, 1.54) is 0 Å². The number of nitrogens with one attached hydrogen (secondary N) is 1. The maximum Gasteiger partial charge on any atom is 0.252 e. The van der Waals surface area contributed by atoms with Crippen molar-refractivity contribution in [3.63, 3.8) is 0 Å². The maximum atomic E-state index is 12.1. The predicted molar refractivity (Wildman–Crippen MR) is 89.0 cm³/mol. The molecule has 2 rings (SSSR count). The first-order chi connectivity index (χ1) is 9.60. The molecule has 0 aliphatic carbocycles. The van der Waals surface area contributed by atoms with Gasteiger partial charge in [-0.25, -0.2) is 0 Å². The summed E-state index contributed by atoms with van der Waals surface area (Å²) in [5.41, 5.74) is 2.73. The smallest absolute Gasteiger partial charge is 0.252 e. The molecule has 20 heavy (non-hydrogen) atoms. The first-order valence-electron chi connectivity index (χ1n) is 5.97. The molecule has 1 amide bonds. The summed E-state index contributed by atoms with van der Waals surface area (Å²) in [5, 5.41) is 2.90. The minimum absolute atomic E-state index is 0.106. The highest BCUT2D eigenvalue weighted by atomic mass is 79.9. The molecule has 104 valence electrons. The van der Waals surface area contributed by atoms with Gasteiger partial charge in [0, 0.05) is 21.4 Å². The molecule has 0 unspecified atom stereocenters. The van der Waals surface area contributed by atoms with Gasteiger partial charge in [-0.05, 0) is 45.3 Å². The molecule has 0 aliphatic rings. The summed E-state index contributed by atoms with van der Waals surface area (Å²) in [6, 6.07) is 13.3. The molecular formula is C15H12Br2ClNO. The van der Waals surface area contributed by atoms with E-state index < -0.39 is 0 Å². The second-order valence-electron chi connectivity index (χ2n) is 4.26. The van der Waals surface area contributed by atoms with E-state index in [1.807, 2.05) is 36.4 Å². The van der Waals surface area contributed by atoms with Crippen LogP contribution in [0.25, 0.3) is 0 Å². The fourth-order valence-corrected chi connectivity index (χ4v) is 3.10. The molecule has 0 fully saturated rings. The van der Waals surface area contributed by atoms with Gasteiger partial charge in [0.2, 0.25) is 0 Å². The zero-order valence-electron chi connectivity index (χ0n) is 10.5. The van der Waals surface area contributed by atoms with Crippen LogP contribution in [-0.2, 0) is 12.4 Å². The van der Waals surface area contributed by atoms with Crippen LogP contribution in [0.5, 0.6) is 0 Å². The lowest BCUT2D eigenvalue weighted by atomic mass is 10.1. The second-order valence-corrected chi connectivity index (χ2v) is 6.29. The Kier molecular flexibility index (Phi) is 5.64. The summed E-state index contributed by atoms with van der Waals surface area (Å²) in [5.74, 6) is 0.393. The van der Waals surface area contributed by atoms with Crippen molar-refractivity contribution in [3.8, 4) is 0 Å². The molecule has 0 aromatic heterocycles. The van der Waals surface area contributed by atoms with Crippen LogP contribution in [-0.4, -0.2) is 5.91 Å². The second kappa shape index (κ2) is 7.25. The Labute approximate surface area is 139 Å². The van der Waals surface area contributed by atoms with Crippen LogP contribution in [0.4, 0.5) is 0 Å². The van der Waals surface area contributed by atoms with Crippen molar-refractivity contribution < 1.29 is 4.79 Å². The van der Waals surface area contributed by atoms with Gasteiger partial charge in [-0.3, -0.25) is 4.79 Å². The van der Waals surface area contributed by atoms with Gasteiger partial charge in [0.15, 0.2) is 0 Å². The lowest BCUT2D eigenvalue weighted by molar-refractivity contribution is 0.0950. The van der Waals surface area contributed by atoms with E-state index in [-0.39, 0.29) is 5.91 Å². The number of hydrogen-bond donors (Lipinski definition) is 1. The zero-order chi connectivity index (χ0) is 14.5. The number of carbonyl (C=O) groups is 1. The Morgan fingerprint density at radius 2 is 1.70 bits per heavy atom. The Morgan fingerprint density at radius 3 is 2.30 bits per heavy atom. The minimum Gasteiger partial charge on any atom is -0.348 e. The molecule has 0 aliphatic heterocycles. The molecule has 0 heterocycles.